The fraction of sp³-hybridized carbons (Fsp3) is 0.214. The molecule has 1 heterocycles. The van der Waals surface area contributed by atoms with Crippen molar-refractivity contribution in [1.82, 2.24) is 15.3 Å². The number of hydrogen-bond acceptors (Lipinski definition) is 5. The number of rotatable bonds is 9. The monoisotopic (exact) mass is 467 g/mol. The molecule has 35 heavy (non-hydrogen) atoms. The number of benzene rings is 3. The second-order valence-corrected chi connectivity index (χ2v) is 8.78. The Kier molecular flexibility index (Phi) is 7.35. The number of nitrogens with one attached hydrogen (secondary N) is 2. The summed E-state index contributed by atoms with van der Waals surface area (Å²) in [6.45, 7) is 3.97. The Morgan fingerprint density at radius 3 is 2.31 bits per heavy atom. The molecule has 0 spiro atoms. The fourth-order valence-electron chi connectivity index (χ4n) is 3.99. The summed E-state index contributed by atoms with van der Waals surface area (Å²) in [5.41, 5.74) is 9.00. The molecule has 0 radical (unpaired) electrons. The second kappa shape index (κ2) is 10.8. The number of fused-ring (bicyclic) bond motifs is 1. The molecule has 0 unspecified atom stereocenters. The quantitative estimate of drug-likeness (QED) is 0.344. The Labute approximate surface area is 204 Å². The number of carbonyl (C=O) groups excluding carboxylic acids is 2. The largest absolute Gasteiger partial charge is 0.368 e. The molecule has 0 saturated carbocycles. The maximum atomic E-state index is 13.1. The van der Waals surface area contributed by atoms with Gasteiger partial charge in [-0.05, 0) is 41.7 Å². The Bertz CT molecular complexity index is 1340. The van der Waals surface area contributed by atoms with Crippen LogP contribution in [-0.2, 0) is 17.8 Å². The van der Waals surface area contributed by atoms with E-state index in [0.29, 0.717) is 29.1 Å². The number of amides is 2. The Balaban J connectivity index is 1.56. The summed E-state index contributed by atoms with van der Waals surface area (Å²) < 4.78 is 0. The second-order valence-electron chi connectivity index (χ2n) is 8.78. The molecular formula is C28H29N5O2. The number of primary amides is 1. The summed E-state index contributed by atoms with van der Waals surface area (Å²) in [6, 6.07) is 24.6. The molecule has 1 aromatic heterocycles. The molecule has 7 nitrogen and oxygen atoms in total. The number of hydrogen-bond donors (Lipinski definition) is 3. The highest BCUT2D eigenvalue weighted by molar-refractivity contribution is 5.96. The van der Waals surface area contributed by atoms with Gasteiger partial charge in [-0.3, -0.25) is 9.59 Å². The zero-order valence-electron chi connectivity index (χ0n) is 19.9. The molecule has 7 heteroatoms. The molecule has 4 N–H and O–H groups in total. The molecule has 3 aromatic carbocycles. The van der Waals surface area contributed by atoms with Gasteiger partial charge >= 0.3 is 0 Å². The van der Waals surface area contributed by atoms with Gasteiger partial charge in [-0.15, -0.1) is 0 Å². The number of para-hydroxylation sites is 1. The van der Waals surface area contributed by atoms with Crippen LogP contribution < -0.4 is 16.4 Å². The SMILES string of the molecule is CC(C)[C@H](Nc1nc(CNC(=O)c2ccccc2Cc2ccccc2)nc2ccccc12)C(N)=O. The fourth-order valence-corrected chi connectivity index (χ4v) is 3.99. The summed E-state index contributed by atoms with van der Waals surface area (Å²) in [5, 5.41) is 6.91. The van der Waals surface area contributed by atoms with Crippen LogP contribution in [0.1, 0.15) is 41.2 Å². The van der Waals surface area contributed by atoms with E-state index in [1.807, 2.05) is 92.7 Å². The van der Waals surface area contributed by atoms with Crippen molar-refractivity contribution >= 4 is 28.5 Å². The van der Waals surface area contributed by atoms with Gasteiger partial charge in [-0.1, -0.05) is 74.5 Å². The van der Waals surface area contributed by atoms with E-state index in [4.69, 9.17) is 5.73 Å². The van der Waals surface area contributed by atoms with Crippen molar-refractivity contribution in [3.63, 3.8) is 0 Å². The molecule has 4 aromatic rings. The molecule has 0 fully saturated rings. The molecule has 1 atom stereocenters. The molecule has 0 aliphatic carbocycles. The van der Waals surface area contributed by atoms with Crippen LogP contribution in [0.25, 0.3) is 10.9 Å². The molecule has 0 saturated heterocycles. The van der Waals surface area contributed by atoms with Gasteiger partial charge in [0.2, 0.25) is 5.91 Å². The van der Waals surface area contributed by atoms with Gasteiger partial charge in [0.25, 0.3) is 5.91 Å². The van der Waals surface area contributed by atoms with Crippen LogP contribution >= 0.6 is 0 Å². The van der Waals surface area contributed by atoms with E-state index >= 15 is 0 Å². The molecule has 2 amide bonds. The number of anilines is 1. The smallest absolute Gasteiger partial charge is 0.251 e. The van der Waals surface area contributed by atoms with Crippen LogP contribution in [0.5, 0.6) is 0 Å². The predicted molar refractivity (Wildman–Crippen MR) is 138 cm³/mol. The van der Waals surface area contributed by atoms with Crippen molar-refractivity contribution in [3.8, 4) is 0 Å². The van der Waals surface area contributed by atoms with Crippen molar-refractivity contribution in [2.75, 3.05) is 5.32 Å². The minimum atomic E-state index is -0.583. The molecule has 0 aliphatic heterocycles. The van der Waals surface area contributed by atoms with Crippen LogP contribution in [-0.4, -0.2) is 27.8 Å². The van der Waals surface area contributed by atoms with Crippen LogP contribution in [0, 0.1) is 5.92 Å². The van der Waals surface area contributed by atoms with E-state index in [1.54, 1.807) is 0 Å². The molecule has 0 bridgehead atoms. The van der Waals surface area contributed by atoms with Gasteiger partial charge in [-0.25, -0.2) is 9.97 Å². The lowest BCUT2D eigenvalue weighted by Crippen LogP contribution is -2.40. The highest BCUT2D eigenvalue weighted by Gasteiger charge is 2.21. The molecule has 4 rings (SSSR count). The first-order valence-corrected chi connectivity index (χ1v) is 11.6. The highest BCUT2D eigenvalue weighted by Crippen LogP contribution is 2.22. The summed E-state index contributed by atoms with van der Waals surface area (Å²) in [7, 11) is 0. The Morgan fingerprint density at radius 2 is 1.57 bits per heavy atom. The minimum absolute atomic E-state index is 0.0227. The standard InChI is InChI=1S/C28H29N5O2/c1-18(2)25(26(29)34)33-27-22-14-8-9-15-23(22)31-24(32-27)17-30-28(35)21-13-7-6-12-20(21)16-19-10-4-3-5-11-19/h3-15,18,25H,16-17H2,1-2H3,(H2,29,34)(H,30,35)(H,31,32,33)/t25-/m0/s1. The third kappa shape index (κ3) is 5.81. The van der Waals surface area contributed by atoms with Crippen molar-refractivity contribution in [3.05, 3.63) is 101 Å². The van der Waals surface area contributed by atoms with Crippen molar-refractivity contribution in [2.24, 2.45) is 11.7 Å². The lowest BCUT2D eigenvalue weighted by atomic mass is 9.99. The third-order valence-corrected chi connectivity index (χ3v) is 5.82. The van der Waals surface area contributed by atoms with Gasteiger partial charge in [0.05, 0.1) is 12.1 Å². The maximum Gasteiger partial charge on any atom is 0.251 e. The average molecular weight is 468 g/mol. The van der Waals surface area contributed by atoms with E-state index in [-0.39, 0.29) is 18.4 Å². The van der Waals surface area contributed by atoms with Crippen LogP contribution in [0.2, 0.25) is 0 Å². The third-order valence-electron chi connectivity index (χ3n) is 5.82. The van der Waals surface area contributed by atoms with Gasteiger partial charge in [0.15, 0.2) is 5.82 Å². The average Bonchev–Trinajstić information content (AvgIpc) is 2.86. The van der Waals surface area contributed by atoms with E-state index in [9.17, 15) is 9.59 Å². The number of aromatic nitrogens is 2. The zero-order valence-corrected chi connectivity index (χ0v) is 19.9. The lowest BCUT2D eigenvalue weighted by Gasteiger charge is -2.21. The number of nitrogens with two attached hydrogens (primary N) is 1. The summed E-state index contributed by atoms with van der Waals surface area (Å²) in [6.07, 6.45) is 0.661. The molecule has 178 valence electrons. The lowest BCUT2D eigenvalue weighted by molar-refractivity contribution is -0.119. The topological polar surface area (TPSA) is 110 Å². The first kappa shape index (κ1) is 23.9. The van der Waals surface area contributed by atoms with Gasteiger partial charge < -0.3 is 16.4 Å². The van der Waals surface area contributed by atoms with E-state index in [1.165, 1.54) is 0 Å². The zero-order chi connectivity index (χ0) is 24.8. The van der Waals surface area contributed by atoms with E-state index < -0.39 is 11.9 Å². The van der Waals surface area contributed by atoms with Crippen molar-refractivity contribution in [1.29, 1.82) is 0 Å². The summed E-state index contributed by atoms with van der Waals surface area (Å²) >= 11 is 0. The number of carbonyl (C=O) groups is 2. The van der Waals surface area contributed by atoms with E-state index in [2.05, 4.69) is 20.6 Å². The van der Waals surface area contributed by atoms with Crippen LogP contribution in [0.3, 0.4) is 0 Å². The first-order valence-electron chi connectivity index (χ1n) is 11.6. The Hall–Kier alpha value is -4.26. The van der Waals surface area contributed by atoms with E-state index in [0.717, 1.165) is 16.5 Å². The normalized spacial score (nSPS) is 11.9. The number of nitrogens with zero attached hydrogens (tertiary/aromatic N) is 2. The summed E-state index contributed by atoms with van der Waals surface area (Å²) in [4.78, 5) is 34.3. The maximum absolute atomic E-state index is 13.1. The highest BCUT2D eigenvalue weighted by atomic mass is 16.2. The van der Waals surface area contributed by atoms with Crippen LogP contribution in [0.15, 0.2) is 78.9 Å². The van der Waals surface area contributed by atoms with Gasteiger partial charge in [0.1, 0.15) is 11.9 Å². The van der Waals surface area contributed by atoms with Crippen molar-refractivity contribution in [2.45, 2.75) is 32.9 Å². The Morgan fingerprint density at radius 1 is 0.886 bits per heavy atom. The predicted octanol–water partition coefficient (Wildman–Crippen LogP) is 4.07. The minimum Gasteiger partial charge on any atom is -0.368 e. The van der Waals surface area contributed by atoms with Gasteiger partial charge in [-0.2, -0.15) is 0 Å². The van der Waals surface area contributed by atoms with Gasteiger partial charge in [0, 0.05) is 10.9 Å². The van der Waals surface area contributed by atoms with Crippen molar-refractivity contribution < 1.29 is 9.59 Å². The summed E-state index contributed by atoms with van der Waals surface area (Å²) in [5.74, 6) is 0.284. The first-order chi connectivity index (χ1) is 16.9. The molecular weight excluding hydrogens is 438 g/mol. The molecule has 0 aliphatic rings. The van der Waals surface area contributed by atoms with Crippen LogP contribution in [0.4, 0.5) is 5.82 Å².